The fourth-order valence-corrected chi connectivity index (χ4v) is 4.20. The van der Waals surface area contributed by atoms with Gasteiger partial charge in [0, 0.05) is 36.7 Å². The lowest BCUT2D eigenvalue weighted by atomic mass is 9.78. The first-order chi connectivity index (χ1) is 13.4. The topological polar surface area (TPSA) is 59.9 Å². The van der Waals surface area contributed by atoms with Crippen molar-refractivity contribution >= 4 is 5.82 Å². The van der Waals surface area contributed by atoms with Gasteiger partial charge in [-0.3, -0.25) is 4.98 Å². The predicted octanol–water partition coefficient (Wildman–Crippen LogP) is 4.85. The van der Waals surface area contributed by atoms with Crippen LogP contribution in [0.1, 0.15) is 50.6 Å². The molecule has 1 spiro atoms. The van der Waals surface area contributed by atoms with Crippen molar-refractivity contribution in [3.8, 4) is 11.4 Å². The average molecular weight is 392 g/mol. The molecule has 0 radical (unpaired) electrons. The number of nitrogens with one attached hydrogen (secondary N) is 1. The van der Waals surface area contributed by atoms with E-state index in [1.54, 1.807) is 18.3 Å². The molecule has 4 rings (SSSR count). The molecule has 5 nitrogen and oxygen atoms in total. The molecule has 2 aliphatic rings. The molecule has 0 bridgehead atoms. The van der Waals surface area contributed by atoms with E-state index < -0.39 is 11.9 Å². The van der Waals surface area contributed by atoms with E-state index in [1.807, 2.05) is 0 Å². The maximum atomic E-state index is 13.4. The highest BCUT2D eigenvalue weighted by atomic mass is 19.4. The fraction of sp³-hybridized carbons (Fsp3) is 0.550. The van der Waals surface area contributed by atoms with E-state index in [0.717, 1.165) is 44.6 Å². The normalized spacial score (nSPS) is 22.2. The molecule has 0 amide bonds. The Balaban J connectivity index is 1.60. The second-order valence-corrected chi connectivity index (χ2v) is 7.63. The van der Waals surface area contributed by atoms with Gasteiger partial charge in [-0.2, -0.15) is 13.2 Å². The second kappa shape index (κ2) is 7.66. The number of rotatable bonds is 3. The smallest absolute Gasteiger partial charge is 0.375 e. The molecule has 2 aromatic rings. The van der Waals surface area contributed by atoms with Crippen LogP contribution in [0.4, 0.5) is 19.0 Å². The van der Waals surface area contributed by atoms with Gasteiger partial charge in [0.25, 0.3) is 0 Å². The Kier molecular flexibility index (Phi) is 5.23. The number of aromatic nitrogens is 3. The summed E-state index contributed by atoms with van der Waals surface area (Å²) in [5.74, 6) is 0.212. The van der Waals surface area contributed by atoms with Gasteiger partial charge in [0.05, 0.1) is 5.60 Å². The summed E-state index contributed by atoms with van der Waals surface area (Å²) in [6, 6.07) is 4.32. The van der Waals surface area contributed by atoms with Crippen LogP contribution in [0.2, 0.25) is 0 Å². The molecular formula is C20H23F3N4O. The summed E-state index contributed by atoms with van der Waals surface area (Å²) >= 11 is 0. The van der Waals surface area contributed by atoms with Crippen LogP contribution in [0.25, 0.3) is 11.4 Å². The molecule has 2 fully saturated rings. The van der Waals surface area contributed by atoms with Crippen molar-refractivity contribution in [3.63, 3.8) is 0 Å². The third kappa shape index (κ3) is 4.27. The van der Waals surface area contributed by atoms with Crippen molar-refractivity contribution in [2.24, 2.45) is 0 Å². The first kappa shape index (κ1) is 19.1. The Morgan fingerprint density at radius 1 is 1.14 bits per heavy atom. The lowest BCUT2D eigenvalue weighted by Gasteiger charge is -2.43. The monoisotopic (exact) mass is 392 g/mol. The molecule has 2 aromatic heterocycles. The standard InChI is InChI=1S/C20H23F3N4O/c21-20(22,23)16-11-17(27-18(26-16)14-5-4-9-24-13-14)25-15-6-10-28-19(12-15)7-2-1-3-8-19/h4-5,9,11,13,15H,1-3,6-8,10,12H2,(H,25,26,27). The van der Waals surface area contributed by atoms with Crippen molar-refractivity contribution in [3.05, 3.63) is 36.3 Å². The zero-order chi connectivity index (χ0) is 19.6. The van der Waals surface area contributed by atoms with Crippen molar-refractivity contribution in [1.82, 2.24) is 15.0 Å². The molecule has 1 aliphatic carbocycles. The van der Waals surface area contributed by atoms with Gasteiger partial charge in [-0.1, -0.05) is 19.3 Å². The predicted molar refractivity (Wildman–Crippen MR) is 98.7 cm³/mol. The van der Waals surface area contributed by atoms with Crippen LogP contribution in [-0.2, 0) is 10.9 Å². The Labute approximate surface area is 161 Å². The molecule has 1 unspecified atom stereocenters. The number of pyridine rings is 1. The van der Waals surface area contributed by atoms with Crippen molar-refractivity contribution in [1.29, 1.82) is 0 Å². The number of ether oxygens (including phenoxy) is 1. The highest BCUT2D eigenvalue weighted by Gasteiger charge is 2.39. The summed E-state index contributed by atoms with van der Waals surface area (Å²) in [7, 11) is 0. The zero-order valence-electron chi connectivity index (χ0n) is 15.5. The van der Waals surface area contributed by atoms with Gasteiger partial charge in [0.2, 0.25) is 0 Å². The molecule has 28 heavy (non-hydrogen) atoms. The highest BCUT2D eigenvalue weighted by molar-refractivity contribution is 5.56. The van der Waals surface area contributed by atoms with Gasteiger partial charge in [-0.05, 0) is 37.8 Å². The van der Waals surface area contributed by atoms with Crippen LogP contribution < -0.4 is 5.32 Å². The number of hydrogen-bond donors (Lipinski definition) is 1. The van der Waals surface area contributed by atoms with Gasteiger partial charge in [0.1, 0.15) is 5.82 Å². The minimum atomic E-state index is -4.55. The molecule has 1 atom stereocenters. The average Bonchev–Trinajstić information content (AvgIpc) is 2.68. The van der Waals surface area contributed by atoms with Crippen LogP contribution in [0.3, 0.4) is 0 Å². The summed E-state index contributed by atoms with van der Waals surface area (Å²) in [5.41, 5.74) is -0.643. The van der Waals surface area contributed by atoms with E-state index >= 15 is 0 Å². The number of nitrogens with zero attached hydrogens (tertiary/aromatic N) is 3. The largest absolute Gasteiger partial charge is 0.433 e. The van der Waals surface area contributed by atoms with E-state index in [9.17, 15) is 13.2 Å². The van der Waals surface area contributed by atoms with E-state index in [-0.39, 0.29) is 23.3 Å². The van der Waals surface area contributed by atoms with Crippen LogP contribution >= 0.6 is 0 Å². The second-order valence-electron chi connectivity index (χ2n) is 7.63. The third-order valence-electron chi connectivity index (χ3n) is 5.55. The van der Waals surface area contributed by atoms with Crippen molar-refractivity contribution < 1.29 is 17.9 Å². The Morgan fingerprint density at radius 2 is 1.96 bits per heavy atom. The van der Waals surface area contributed by atoms with E-state index in [0.29, 0.717) is 12.2 Å². The molecule has 150 valence electrons. The van der Waals surface area contributed by atoms with Gasteiger partial charge in [-0.15, -0.1) is 0 Å². The van der Waals surface area contributed by atoms with E-state index in [2.05, 4.69) is 20.3 Å². The molecule has 1 N–H and O–H groups in total. The van der Waals surface area contributed by atoms with Crippen LogP contribution in [0, 0.1) is 0 Å². The highest BCUT2D eigenvalue weighted by Crippen LogP contribution is 2.39. The Hall–Kier alpha value is -2.22. The molecule has 1 aliphatic heterocycles. The summed E-state index contributed by atoms with van der Waals surface area (Å²) in [4.78, 5) is 12.0. The van der Waals surface area contributed by atoms with Crippen molar-refractivity contribution in [2.75, 3.05) is 11.9 Å². The van der Waals surface area contributed by atoms with Gasteiger partial charge >= 0.3 is 6.18 Å². The molecule has 1 saturated carbocycles. The molecule has 3 heterocycles. The number of alkyl halides is 3. The SMILES string of the molecule is FC(F)(F)c1cc(NC2CCOC3(CCCCC3)C2)nc(-c2cccnc2)n1. The molecule has 8 heteroatoms. The fourth-order valence-electron chi connectivity index (χ4n) is 4.20. The third-order valence-corrected chi connectivity index (χ3v) is 5.55. The van der Waals surface area contributed by atoms with Crippen LogP contribution in [0.5, 0.6) is 0 Å². The minimum Gasteiger partial charge on any atom is -0.375 e. The van der Waals surface area contributed by atoms with E-state index in [4.69, 9.17) is 4.74 Å². The van der Waals surface area contributed by atoms with Gasteiger partial charge < -0.3 is 10.1 Å². The summed E-state index contributed by atoms with van der Waals surface area (Å²) in [6.45, 7) is 0.615. The van der Waals surface area contributed by atoms with E-state index in [1.165, 1.54) is 12.6 Å². The zero-order valence-corrected chi connectivity index (χ0v) is 15.5. The first-order valence-corrected chi connectivity index (χ1v) is 9.71. The first-order valence-electron chi connectivity index (χ1n) is 9.71. The van der Waals surface area contributed by atoms with Gasteiger partial charge in [-0.25, -0.2) is 9.97 Å². The number of hydrogen-bond acceptors (Lipinski definition) is 5. The Bertz CT molecular complexity index is 801. The lowest BCUT2D eigenvalue weighted by Crippen LogP contribution is -2.45. The van der Waals surface area contributed by atoms with Crippen molar-refractivity contribution in [2.45, 2.75) is 62.8 Å². The summed E-state index contributed by atoms with van der Waals surface area (Å²) < 4.78 is 46.2. The van der Waals surface area contributed by atoms with Gasteiger partial charge in [0.15, 0.2) is 11.5 Å². The molecule has 0 aromatic carbocycles. The summed E-state index contributed by atoms with van der Waals surface area (Å²) in [5, 5.41) is 3.22. The quantitative estimate of drug-likeness (QED) is 0.809. The number of halogens is 3. The minimum absolute atomic E-state index is 0.0184. The maximum Gasteiger partial charge on any atom is 0.433 e. The number of anilines is 1. The molecular weight excluding hydrogens is 369 g/mol. The molecule has 1 saturated heterocycles. The van der Waals surface area contributed by atoms with Crippen LogP contribution in [-0.4, -0.2) is 33.2 Å². The maximum absolute atomic E-state index is 13.4. The Morgan fingerprint density at radius 3 is 2.68 bits per heavy atom. The summed E-state index contributed by atoms with van der Waals surface area (Å²) in [6.07, 6.45) is 5.55. The lowest BCUT2D eigenvalue weighted by molar-refractivity contribution is -0.141. The van der Waals surface area contributed by atoms with Crippen LogP contribution in [0.15, 0.2) is 30.6 Å².